The van der Waals surface area contributed by atoms with E-state index in [1.807, 2.05) is 0 Å². The van der Waals surface area contributed by atoms with Gasteiger partial charge in [0.25, 0.3) is 5.91 Å². The molecule has 1 fully saturated rings. The molecule has 0 spiro atoms. The third kappa shape index (κ3) is 2.69. The number of hydrogen-bond donors (Lipinski definition) is 1. The van der Waals surface area contributed by atoms with Crippen molar-refractivity contribution in [2.75, 3.05) is 20.3 Å². The molecule has 5 nitrogen and oxygen atoms in total. The molecule has 0 aromatic heterocycles. The molecule has 1 saturated heterocycles. The number of benzene rings is 1. The highest BCUT2D eigenvalue weighted by atomic mass is 79.9. The van der Waals surface area contributed by atoms with Gasteiger partial charge in [0.15, 0.2) is 0 Å². The smallest absolute Gasteiger partial charge is 0.311 e. The summed E-state index contributed by atoms with van der Waals surface area (Å²) in [5, 5.41) is 9.08. The molecule has 0 radical (unpaired) electrons. The molecule has 108 valence electrons. The van der Waals surface area contributed by atoms with Gasteiger partial charge in [-0.25, -0.2) is 4.39 Å². The number of carboxylic acid groups (broad SMARTS) is 1. The maximum Gasteiger partial charge on any atom is 0.311 e. The van der Waals surface area contributed by atoms with Gasteiger partial charge in [0.1, 0.15) is 11.7 Å². The van der Waals surface area contributed by atoms with Gasteiger partial charge in [-0.3, -0.25) is 9.59 Å². The van der Waals surface area contributed by atoms with Crippen molar-refractivity contribution in [2.45, 2.75) is 6.04 Å². The second-order valence-electron chi connectivity index (χ2n) is 4.57. The average Bonchev–Trinajstić information content (AvgIpc) is 2.89. The van der Waals surface area contributed by atoms with Crippen LogP contribution in [0.5, 0.6) is 0 Å². The number of carbonyl (C=O) groups excluding carboxylic acids is 1. The summed E-state index contributed by atoms with van der Waals surface area (Å²) in [6.07, 6.45) is 0. The van der Waals surface area contributed by atoms with Crippen LogP contribution in [-0.4, -0.2) is 48.2 Å². The molecular weight excluding hydrogens is 333 g/mol. The fourth-order valence-electron chi connectivity index (χ4n) is 2.17. The zero-order valence-corrected chi connectivity index (χ0v) is 12.3. The van der Waals surface area contributed by atoms with Gasteiger partial charge >= 0.3 is 5.97 Å². The van der Waals surface area contributed by atoms with Crippen molar-refractivity contribution in [3.8, 4) is 0 Å². The lowest BCUT2D eigenvalue weighted by Gasteiger charge is -2.26. The zero-order chi connectivity index (χ0) is 14.9. The molecule has 1 aromatic carbocycles. The first-order chi connectivity index (χ1) is 9.43. The highest BCUT2D eigenvalue weighted by Gasteiger charge is 2.39. The van der Waals surface area contributed by atoms with Crippen LogP contribution in [0, 0.1) is 11.7 Å². The van der Waals surface area contributed by atoms with E-state index in [-0.39, 0.29) is 23.2 Å². The van der Waals surface area contributed by atoms with Gasteiger partial charge < -0.3 is 14.7 Å². The van der Waals surface area contributed by atoms with Crippen molar-refractivity contribution in [3.63, 3.8) is 0 Å². The molecular formula is C13H13BrFNO4. The van der Waals surface area contributed by atoms with Crippen molar-refractivity contribution in [3.05, 3.63) is 34.1 Å². The Balaban J connectivity index is 2.24. The van der Waals surface area contributed by atoms with E-state index in [1.54, 1.807) is 6.07 Å². The monoisotopic (exact) mass is 345 g/mol. The largest absolute Gasteiger partial charge is 0.481 e. The lowest BCUT2D eigenvalue weighted by molar-refractivity contribution is -0.142. The molecule has 1 N–H and O–H groups in total. The van der Waals surface area contributed by atoms with E-state index >= 15 is 0 Å². The fourth-order valence-corrected chi connectivity index (χ4v) is 2.54. The highest BCUT2D eigenvalue weighted by Crippen LogP contribution is 2.24. The van der Waals surface area contributed by atoms with Gasteiger partial charge in [0.05, 0.1) is 29.3 Å². The lowest BCUT2D eigenvalue weighted by atomic mass is 10.0. The minimum Gasteiger partial charge on any atom is -0.481 e. The van der Waals surface area contributed by atoms with Crippen LogP contribution in [0.1, 0.15) is 10.4 Å². The summed E-state index contributed by atoms with van der Waals surface area (Å²) in [7, 11) is 1.46. The van der Waals surface area contributed by atoms with Gasteiger partial charge in [0, 0.05) is 7.05 Å². The molecule has 2 unspecified atom stereocenters. The number of rotatable bonds is 3. The van der Waals surface area contributed by atoms with Gasteiger partial charge in [-0.1, -0.05) is 6.07 Å². The van der Waals surface area contributed by atoms with Crippen molar-refractivity contribution in [1.29, 1.82) is 0 Å². The van der Waals surface area contributed by atoms with Crippen molar-refractivity contribution < 1.29 is 23.8 Å². The Bertz CT molecular complexity index is 551. The third-order valence-electron chi connectivity index (χ3n) is 3.37. The molecule has 1 amide bonds. The number of carboxylic acids is 1. The molecule has 1 aromatic rings. The van der Waals surface area contributed by atoms with E-state index in [2.05, 4.69) is 15.9 Å². The first-order valence-corrected chi connectivity index (χ1v) is 6.74. The van der Waals surface area contributed by atoms with E-state index in [0.29, 0.717) is 0 Å². The SMILES string of the molecule is CN(C(=O)c1cccc(Br)c1F)C1COCC1C(=O)O. The number of carbonyl (C=O) groups is 2. The topological polar surface area (TPSA) is 66.8 Å². The molecule has 0 aliphatic carbocycles. The Morgan fingerprint density at radius 3 is 2.80 bits per heavy atom. The third-order valence-corrected chi connectivity index (χ3v) is 3.98. The summed E-state index contributed by atoms with van der Waals surface area (Å²) in [6.45, 7) is 0.188. The fraction of sp³-hybridized carbons (Fsp3) is 0.385. The molecule has 2 atom stereocenters. The maximum atomic E-state index is 13.9. The van der Waals surface area contributed by atoms with E-state index in [9.17, 15) is 14.0 Å². The van der Waals surface area contributed by atoms with Gasteiger partial charge in [0.2, 0.25) is 0 Å². The van der Waals surface area contributed by atoms with Crippen molar-refractivity contribution in [2.24, 2.45) is 5.92 Å². The number of ether oxygens (including phenoxy) is 1. The Labute approximate surface area is 123 Å². The van der Waals surface area contributed by atoms with E-state index < -0.39 is 29.7 Å². The number of halogens is 2. The number of aliphatic carboxylic acids is 1. The predicted octanol–water partition coefficient (Wildman–Crippen LogP) is 1.76. The Morgan fingerprint density at radius 1 is 1.45 bits per heavy atom. The molecule has 7 heteroatoms. The first kappa shape index (κ1) is 14.9. The minimum absolute atomic E-state index is 0.0542. The van der Waals surface area contributed by atoms with Crippen LogP contribution >= 0.6 is 15.9 Å². The second-order valence-corrected chi connectivity index (χ2v) is 5.42. The first-order valence-electron chi connectivity index (χ1n) is 5.95. The number of nitrogens with zero attached hydrogens (tertiary/aromatic N) is 1. The zero-order valence-electron chi connectivity index (χ0n) is 10.7. The van der Waals surface area contributed by atoms with Crippen LogP contribution in [0.4, 0.5) is 4.39 Å². The number of hydrogen-bond acceptors (Lipinski definition) is 3. The minimum atomic E-state index is -1.03. The van der Waals surface area contributed by atoms with Crippen LogP contribution in [0.3, 0.4) is 0 Å². The molecule has 1 aliphatic rings. The quantitative estimate of drug-likeness (QED) is 0.906. The summed E-state index contributed by atoms with van der Waals surface area (Å²) in [4.78, 5) is 24.6. The second kappa shape index (κ2) is 5.88. The van der Waals surface area contributed by atoms with Crippen molar-refractivity contribution in [1.82, 2.24) is 4.90 Å². The Kier molecular flexibility index (Phi) is 4.39. The van der Waals surface area contributed by atoms with Crippen molar-refractivity contribution >= 4 is 27.8 Å². The van der Waals surface area contributed by atoms with Gasteiger partial charge in [-0.2, -0.15) is 0 Å². The van der Waals surface area contributed by atoms with Crippen LogP contribution in [0.15, 0.2) is 22.7 Å². The molecule has 1 heterocycles. The number of likely N-dealkylation sites (N-methyl/N-ethyl adjacent to an activating group) is 1. The summed E-state index contributed by atoms with van der Waals surface area (Å²) in [6, 6.07) is 3.81. The van der Waals surface area contributed by atoms with Crippen LogP contribution in [0.2, 0.25) is 0 Å². The number of amides is 1. The summed E-state index contributed by atoms with van der Waals surface area (Å²) in [5.74, 6) is -3.04. The summed E-state index contributed by atoms with van der Waals surface area (Å²) < 4.78 is 19.2. The lowest BCUT2D eigenvalue weighted by Crippen LogP contribution is -2.44. The van der Waals surface area contributed by atoms with Gasteiger partial charge in [-0.15, -0.1) is 0 Å². The van der Waals surface area contributed by atoms with Gasteiger partial charge in [-0.05, 0) is 28.1 Å². The molecule has 2 rings (SSSR count). The predicted molar refractivity (Wildman–Crippen MR) is 71.9 cm³/mol. The van der Waals surface area contributed by atoms with Crippen LogP contribution in [0.25, 0.3) is 0 Å². The van der Waals surface area contributed by atoms with E-state index in [1.165, 1.54) is 24.1 Å². The Morgan fingerprint density at radius 2 is 2.15 bits per heavy atom. The Hall–Kier alpha value is -1.47. The normalized spacial score (nSPS) is 21.8. The summed E-state index contributed by atoms with van der Waals surface area (Å²) in [5.41, 5.74) is -0.0992. The summed E-state index contributed by atoms with van der Waals surface area (Å²) >= 11 is 3.02. The molecule has 0 bridgehead atoms. The average molecular weight is 346 g/mol. The van der Waals surface area contributed by atoms with E-state index in [4.69, 9.17) is 9.84 Å². The maximum absolute atomic E-state index is 13.9. The van der Waals surface area contributed by atoms with Crippen LogP contribution in [-0.2, 0) is 9.53 Å². The standard InChI is InChI=1S/C13H13BrFNO4/c1-16(10-6-20-5-8(10)13(18)19)12(17)7-3-2-4-9(14)11(7)15/h2-4,8,10H,5-6H2,1H3,(H,18,19). The molecule has 1 aliphatic heterocycles. The highest BCUT2D eigenvalue weighted by molar-refractivity contribution is 9.10. The molecule has 20 heavy (non-hydrogen) atoms. The van der Waals surface area contributed by atoms with Crippen LogP contribution < -0.4 is 0 Å². The molecule has 0 saturated carbocycles. The van der Waals surface area contributed by atoms with E-state index in [0.717, 1.165) is 0 Å².